The summed E-state index contributed by atoms with van der Waals surface area (Å²) in [6.45, 7) is 3.20. The van der Waals surface area contributed by atoms with Crippen LogP contribution in [0.1, 0.15) is 25.5 Å². The van der Waals surface area contributed by atoms with Crippen molar-refractivity contribution in [2.24, 2.45) is 5.92 Å². The van der Waals surface area contributed by atoms with Gasteiger partial charge in [-0.05, 0) is 37.4 Å². The van der Waals surface area contributed by atoms with E-state index in [4.69, 9.17) is 0 Å². The first-order valence-electron chi connectivity index (χ1n) is 5.40. The van der Waals surface area contributed by atoms with E-state index in [1.165, 1.54) is 12.8 Å². The van der Waals surface area contributed by atoms with Crippen LogP contribution < -0.4 is 5.32 Å². The molecule has 0 amide bonds. The van der Waals surface area contributed by atoms with Gasteiger partial charge in [-0.15, -0.1) is 0 Å². The average molecular weight is 191 g/mol. The van der Waals surface area contributed by atoms with Gasteiger partial charge >= 0.3 is 0 Å². The molecule has 1 aliphatic rings. The van der Waals surface area contributed by atoms with Gasteiger partial charge in [-0.1, -0.05) is 6.92 Å². The molecule has 0 aromatic carbocycles. The Labute approximate surface area is 84.9 Å². The van der Waals surface area contributed by atoms with E-state index in [-0.39, 0.29) is 0 Å². The van der Waals surface area contributed by atoms with Gasteiger partial charge in [0.2, 0.25) is 0 Å². The molecule has 1 unspecified atom stereocenters. The predicted octanol–water partition coefficient (Wildman–Crippen LogP) is 1.41. The molecule has 1 aromatic heterocycles. The number of rotatable bonds is 5. The fraction of sp³-hybridized carbons (Fsp3) is 0.636. The molecular formula is C11H17N3. The maximum absolute atomic E-state index is 4.12. The summed E-state index contributed by atoms with van der Waals surface area (Å²) in [6.07, 6.45) is 5.49. The SMILES string of the molecule is CCNC(Cc1cccnn1)C1CC1. The molecule has 0 bridgehead atoms. The van der Waals surface area contributed by atoms with Crippen LogP contribution in [0.15, 0.2) is 18.3 Å². The van der Waals surface area contributed by atoms with Crippen molar-refractivity contribution in [2.45, 2.75) is 32.2 Å². The zero-order chi connectivity index (χ0) is 9.80. The van der Waals surface area contributed by atoms with Gasteiger partial charge in [-0.3, -0.25) is 0 Å². The fourth-order valence-corrected chi connectivity index (χ4v) is 1.83. The molecule has 1 heterocycles. The number of hydrogen-bond donors (Lipinski definition) is 1. The Morgan fingerprint density at radius 2 is 2.43 bits per heavy atom. The highest BCUT2D eigenvalue weighted by molar-refractivity contribution is 5.03. The van der Waals surface area contributed by atoms with E-state index in [0.717, 1.165) is 24.6 Å². The average Bonchev–Trinajstić information content (AvgIpc) is 3.02. The number of nitrogens with zero attached hydrogens (tertiary/aromatic N) is 2. The fourth-order valence-electron chi connectivity index (χ4n) is 1.83. The van der Waals surface area contributed by atoms with Crippen LogP contribution in [0.5, 0.6) is 0 Å². The topological polar surface area (TPSA) is 37.8 Å². The molecule has 0 saturated heterocycles. The summed E-state index contributed by atoms with van der Waals surface area (Å²) >= 11 is 0. The lowest BCUT2D eigenvalue weighted by molar-refractivity contribution is 0.466. The van der Waals surface area contributed by atoms with E-state index in [1.807, 2.05) is 6.07 Å². The standard InChI is InChI=1S/C11H17N3/c1-2-12-11(9-5-6-9)8-10-4-3-7-13-14-10/h3-4,7,9,11-12H,2,5-6,8H2,1H3. The zero-order valence-corrected chi connectivity index (χ0v) is 8.61. The van der Waals surface area contributed by atoms with Crippen LogP contribution >= 0.6 is 0 Å². The lowest BCUT2D eigenvalue weighted by Gasteiger charge is -2.15. The van der Waals surface area contributed by atoms with Crippen molar-refractivity contribution in [1.82, 2.24) is 15.5 Å². The minimum atomic E-state index is 0.608. The Balaban J connectivity index is 1.93. The maximum Gasteiger partial charge on any atom is 0.0646 e. The second-order valence-electron chi connectivity index (χ2n) is 3.92. The maximum atomic E-state index is 4.12. The summed E-state index contributed by atoms with van der Waals surface area (Å²) < 4.78 is 0. The molecule has 0 radical (unpaired) electrons. The summed E-state index contributed by atoms with van der Waals surface area (Å²) in [7, 11) is 0. The van der Waals surface area contributed by atoms with Crippen molar-refractivity contribution in [2.75, 3.05) is 6.54 Å². The van der Waals surface area contributed by atoms with Crippen molar-refractivity contribution in [3.63, 3.8) is 0 Å². The zero-order valence-electron chi connectivity index (χ0n) is 8.61. The number of aromatic nitrogens is 2. The van der Waals surface area contributed by atoms with Crippen molar-refractivity contribution >= 4 is 0 Å². The number of hydrogen-bond acceptors (Lipinski definition) is 3. The highest BCUT2D eigenvalue weighted by atomic mass is 15.1. The third-order valence-electron chi connectivity index (χ3n) is 2.71. The predicted molar refractivity (Wildman–Crippen MR) is 55.9 cm³/mol. The molecule has 3 nitrogen and oxygen atoms in total. The van der Waals surface area contributed by atoms with Crippen LogP contribution in [0.2, 0.25) is 0 Å². The van der Waals surface area contributed by atoms with E-state index in [1.54, 1.807) is 6.20 Å². The van der Waals surface area contributed by atoms with Crippen LogP contribution in [0, 0.1) is 5.92 Å². The van der Waals surface area contributed by atoms with Crippen LogP contribution in [0.4, 0.5) is 0 Å². The summed E-state index contributed by atoms with van der Waals surface area (Å²) in [5, 5.41) is 11.5. The highest BCUT2D eigenvalue weighted by Crippen LogP contribution is 2.33. The third-order valence-corrected chi connectivity index (χ3v) is 2.71. The van der Waals surface area contributed by atoms with Gasteiger partial charge in [-0.2, -0.15) is 10.2 Å². The van der Waals surface area contributed by atoms with Crippen LogP contribution in [-0.4, -0.2) is 22.8 Å². The minimum absolute atomic E-state index is 0.608. The molecule has 0 spiro atoms. The summed E-state index contributed by atoms with van der Waals surface area (Å²) in [5.41, 5.74) is 1.10. The largest absolute Gasteiger partial charge is 0.314 e. The van der Waals surface area contributed by atoms with Gasteiger partial charge in [0.15, 0.2) is 0 Å². The molecule has 1 N–H and O–H groups in total. The number of likely N-dealkylation sites (N-methyl/N-ethyl adjacent to an activating group) is 1. The molecule has 3 heteroatoms. The molecule has 1 saturated carbocycles. The van der Waals surface area contributed by atoms with Gasteiger partial charge in [-0.25, -0.2) is 0 Å². The van der Waals surface area contributed by atoms with Crippen molar-refractivity contribution < 1.29 is 0 Å². The molecule has 14 heavy (non-hydrogen) atoms. The molecule has 2 rings (SSSR count). The van der Waals surface area contributed by atoms with E-state index >= 15 is 0 Å². The van der Waals surface area contributed by atoms with E-state index in [9.17, 15) is 0 Å². The molecule has 1 aromatic rings. The summed E-state index contributed by atoms with van der Waals surface area (Å²) in [6, 6.07) is 4.62. The third kappa shape index (κ3) is 2.51. The monoisotopic (exact) mass is 191 g/mol. The quantitative estimate of drug-likeness (QED) is 0.764. The van der Waals surface area contributed by atoms with Gasteiger partial charge in [0.1, 0.15) is 0 Å². The summed E-state index contributed by atoms with van der Waals surface area (Å²) in [5.74, 6) is 0.872. The minimum Gasteiger partial charge on any atom is -0.314 e. The first-order chi connectivity index (χ1) is 6.90. The van der Waals surface area contributed by atoms with Crippen LogP contribution in [0.25, 0.3) is 0 Å². The van der Waals surface area contributed by atoms with Crippen LogP contribution in [0.3, 0.4) is 0 Å². The van der Waals surface area contributed by atoms with Crippen molar-refractivity contribution in [3.8, 4) is 0 Å². The smallest absolute Gasteiger partial charge is 0.0646 e. The van der Waals surface area contributed by atoms with Gasteiger partial charge < -0.3 is 5.32 Å². The van der Waals surface area contributed by atoms with E-state index < -0.39 is 0 Å². The normalized spacial score (nSPS) is 18.1. The Morgan fingerprint density at radius 1 is 1.57 bits per heavy atom. The van der Waals surface area contributed by atoms with Crippen molar-refractivity contribution in [3.05, 3.63) is 24.0 Å². The first-order valence-corrected chi connectivity index (χ1v) is 5.40. The lowest BCUT2D eigenvalue weighted by atomic mass is 10.1. The van der Waals surface area contributed by atoms with Crippen LogP contribution in [-0.2, 0) is 6.42 Å². The lowest BCUT2D eigenvalue weighted by Crippen LogP contribution is -2.33. The molecular weight excluding hydrogens is 174 g/mol. The Morgan fingerprint density at radius 3 is 3.00 bits per heavy atom. The molecule has 1 atom stereocenters. The van der Waals surface area contributed by atoms with E-state index in [0.29, 0.717) is 6.04 Å². The second kappa shape index (κ2) is 4.51. The second-order valence-corrected chi connectivity index (χ2v) is 3.92. The Hall–Kier alpha value is -0.960. The summed E-state index contributed by atoms with van der Waals surface area (Å²) in [4.78, 5) is 0. The highest BCUT2D eigenvalue weighted by Gasteiger charge is 2.30. The first kappa shape index (κ1) is 9.59. The van der Waals surface area contributed by atoms with Crippen molar-refractivity contribution in [1.29, 1.82) is 0 Å². The molecule has 1 aliphatic carbocycles. The number of nitrogens with one attached hydrogen (secondary N) is 1. The molecule has 0 aliphatic heterocycles. The van der Waals surface area contributed by atoms with Gasteiger partial charge in [0.05, 0.1) is 5.69 Å². The molecule has 1 fully saturated rings. The Bertz CT molecular complexity index is 269. The Kier molecular flexibility index (Phi) is 3.09. The van der Waals surface area contributed by atoms with E-state index in [2.05, 4.69) is 28.5 Å². The van der Waals surface area contributed by atoms with Gasteiger partial charge in [0, 0.05) is 18.7 Å². The molecule has 76 valence electrons. The van der Waals surface area contributed by atoms with Gasteiger partial charge in [0.25, 0.3) is 0 Å².